The average molecular weight is 368 g/mol. The van der Waals surface area contributed by atoms with Gasteiger partial charge in [-0.3, -0.25) is 14.8 Å². The highest BCUT2D eigenvalue weighted by atomic mass is 19.1. The summed E-state index contributed by atoms with van der Waals surface area (Å²) in [6.45, 7) is 3.73. The number of hydroxylamine groups is 1. The zero-order chi connectivity index (χ0) is 19.8. The number of nitrogens with one attached hydrogen (secondary N) is 2. The topological polar surface area (TPSA) is 78.4 Å². The van der Waals surface area contributed by atoms with Gasteiger partial charge >= 0.3 is 0 Å². The van der Waals surface area contributed by atoms with Crippen molar-refractivity contribution in [2.75, 3.05) is 0 Å². The van der Waals surface area contributed by atoms with Gasteiger partial charge in [0.25, 0.3) is 11.8 Å². The van der Waals surface area contributed by atoms with Gasteiger partial charge in [-0.05, 0) is 54.8 Å². The van der Waals surface area contributed by atoms with Crippen LogP contribution < -0.4 is 10.8 Å². The molecule has 0 spiro atoms. The Kier molecular flexibility index (Phi) is 7.02. The van der Waals surface area contributed by atoms with Crippen LogP contribution in [-0.4, -0.2) is 23.1 Å². The Morgan fingerprint density at radius 1 is 1.00 bits per heavy atom. The number of amides is 2. The molecule has 3 N–H and O–H groups in total. The van der Waals surface area contributed by atoms with Crippen molar-refractivity contribution in [1.82, 2.24) is 10.8 Å². The van der Waals surface area contributed by atoms with Crippen molar-refractivity contribution in [1.29, 1.82) is 0 Å². The maximum atomic E-state index is 13.2. The van der Waals surface area contributed by atoms with Crippen LogP contribution in [0.25, 0.3) is 17.7 Å². The van der Waals surface area contributed by atoms with Gasteiger partial charge in [0, 0.05) is 17.7 Å². The summed E-state index contributed by atoms with van der Waals surface area (Å²) in [5.74, 6) is -1.24. The van der Waals surface area contributed by atoms with Crippen LogP contribution in [0.4, 0.5) is 4.39 Å². The highest BCUT2D eigenvalue weighted by Crippen LogP contribution is 2.20. The van der Waals surface area contributed by atoms with Crippen LogP contribution in [0.1, 0.15) is 30.5 Å². The van der Waals surface area contributed by atoms with Crippen molar-refractivity contribution in [3.05, 3.63) is 77.1 Å². The van der Waals surface area contributed by atoms with Crippen molar-refractivity contribution in [3.63, 3.8) is 0 Å². The van der Waals surface area contributed by atoms with Gasteiger partial charge in [-0.25, -0.2) is 9.87 Å². The summed E-state index contributed by atoms with van der Waals surface area (Å²) in [7, 11) is 0. The number of halogens is 1. The van der Waals surface area contributed by atoms with Gasteiger partial charge in [0.15, 0.2) is 0 Å². The number of hydrogen-bond donors (Lipinski definition) is 3. The third kappa shape index (κ3) is 6.20. The first-order valence-corrected chi connectivity index (χ1v) is 8.39. The minimum absolute atomic E-state index is 0.0356. The fraction of sp³-hybridized carbons (Fsp3) is 0.143. The molecular weight excluding hydrogens is 347 g/mol. The smallest absolute Gasteiger partial charge is 0.267 e. The van der Waals surface area contributed by atoms with Gasteiger partial charge in [-0.2, -0.15) is 0 Å². The summed E-state index contributed by atoms with van der Waals surface area (Å²) in [6.07, 6.45) is 4.47. The first-order chi connectivity index (χ1) is 12.9. The molecule has 0 aliphatic rings. The second kappa shape index (κ2) is 9.45. The van der Waals surface area contributed by atoms with Crippen LogP contribution in [0.15, 0.2) is 54.6 Å². The van der Waals surface area contributed by atoms with Gasteiger partial charge in [0.05, 0.1) is 0 Å². The van der Waals surface area contributed by atoms with Crippen molar-refractivity contribution in [3.8, 4) is 0 Å². The molecule has 0 aliphatic heterocycles. The lowest BCUT2D eigenvalue weighted by Gasteiger charge is -2.12. The third-order valence-corrected chi connectivity index (χ3v) is 3.60. The molecule has 2 aromatic carbocycles. The first-order valence-electron chi connectivity index (χ1n) is 8.39. The van der Waals surface area contributed by atoms with Crippen LogP contribution in [-0.2, 0) is 9.59 Å². The Morgan fingerprint density at radius 3 is 2.15 bits per heavy atom. The molecule has 27 heavy (non-hydrogen) atoms. The SMILES string of the molecule is CC(C)NC(=O)C(=Cc1ccc(C=CC(=O)NO)cc1)c1ccc(F)cc1. The lowest BCUT2D eigenvalue weighted by Crippen LogP contribution is -2.30. The molecule has 2 aromatic rings. The fourth-order valence-electron chi connectivity index (χ4n) is 2.33. The van der Waals surface area contributed by atoms with Gasteiger partial charge < -0.3 is 5.32 Å². The molecule has 5 nitrogen and oxygen atoms in total. The molecule has 0 aliphatic carbocycles. The second-order valence-corrected chi connectivity index (χ2v) is 6.17. The summed E-state index contributed by atoms with van der Waals surface area (Å²) in [5, 5.41) is 11.3. The van der Waals surface area contributed by atoms with Gasteiger partial charge in [-0.1, -0.05) is 36.4 Å². The standard InChI is InChI=1S/C21H21FN2O3/c1-14(2)23-21(26)19(17-8-10-18(22)11-9-17)13-16-5-3-15(4-6-16)7-12-20(25)24-27/h3-14,27H,1-2H3,(H,23,26)(H,24,25). The first kappa shape index (κ1) is 20.1. The molecule has 0 saturated heterocycles. The molecule has 0 atom stereocenters. The van der Waals surface area contributed by atoms with E-state index in [1.54, 1.807) is 48.6 Å². The molecule has 0 saturated carbocycles. The fourth-order valence-corrected chi connectivity index (χ4v) is 2.33. The van der Waals surface area contributed by atoms with Crippen molar-refractivity contribution in [2.45, 2.75) is 19.9 Å². The molecule has 0 heterocycles. The Labute approximate surface area is 157 Å². The molecule has 2 amide bonds. The Bertz CT molecular complexity index is 854. The van der Waals surface area contributed by atoms with Gasteiger partial charge in [-0.15, -0.1) is 0 Å². The number of hydrogen-bond acceptors (Lipinski definition) is 3. The predicted molar refractivity (Wildman–Crippen MR) is 103 cm³/mol. The summed E-state index contributed by atoms with van der Waals surface area (Å²) in [4.78, 5) is 23.6. The van der Waals surface area contributed by atoms with Crippen molar-refractivity contribution >= 4 is 29.5 Å². The van der Waals surface area contributed by atoms with E-state index in [-0.39, 0.29) is 17.8 Å². The van der Waals surface area contributed by atoms with Gasteiger partial charge in [0.2, 0.25) is 0 Å². The minimum atomic E-state index is -0.622. The predicted octanol–water partition coefficient (Wildman–Crippen LogP) is 3.41. The van der Waals surface area contributed by atoms with E-state index in [1.165, 1.54) is 23.7 Å². The monoisotopic (exact) mass is 368 g/mol. The maximum absolute atomic E-state index is 13.2. The van der Waals surface area contributed by atoms with Crippen molar-refractivity contribution < 1.29 is 19.2 Å². The largest absolute Gasteiger partial charge is 0.350 e. The highest BCUT2D eigenvalue weighted by Gasteiger charge is 2.13. The lowest BCUT2D eigenvalue weighted by atomic mass is 10.0. The van der Waals surface area contributed by atoms with E-state index in [9.17, 15) is 14.0 Å². The van der Waals surface area contributed by atoms with Crippen molar-refractivity contribution in [2.24, 2.45) is 0 Å². The average Bonchev–Trinajstić information content (AvgIpc) is 2.65. The highest BCUT2D eigenvalue weighted by molar-refractivity contribution is 6.24. The zero-order valence-electron chi connectivity index (χ0n) is 15.1. The lowest BCUT2D eigenvalue weighted by molar-refractivity contribution is -0.124. The Hall–Kier alpha value is -3.25. The molecule has 0 radical (unpaired) electrons. The van der Waals surface area contributed by atoms with E-state index in [1.807, 2.05) is 13.8 Å². The van der Waals surface area contributed by atoms with Crippen LogP contribution in [0.5, 0.6) is 0 Å². The van der Waals surface area contributed by atoms with E-state index in [2.05, 4.69) is 5.32 Å². The van der Waals surface area contributed by atoms with Crippen LogP contribution in [0.3, 0.4) is 0 Å². The van der Waals surface area contributed by atoms with E-state index < -0.39 is 5.91 Å². The maximum Gasteiger partial charge on any atom is 0.267 e. The summed E-state index contributed by atoms with van der Waals surface area (Å²) in [5.41, 5.74) is 4.08. The summed E-state index contributed by atoms with van der Waals surface area (Å²) < 4.78 is 13.2. The van der Waals surface area contributed by atoms with Crippen LogP contribution in [0, 0.1) is 5.82 Å². The quantitative estimate of drug-likeness (QED) is 0.316. The molecule has 0 fully saturated rings. The molecule has 0 bridgehead atoms. The summed E-state index contributed by atoms with van der Waals surface area (Å²) in [6, 6.07) is 12.8. The molecule has 0 unspecified atom stereocenters. The number of benzene rings is 2. The van der Waals surface area contributed by atoms with Crippen LogP contribution in [0.2, 0.25) is 0 Å². The summed E-state index contributed by atoms with van der Waals surface area (Å²) >= 11 is 0. The number of rotatable bonds is 6. The molecule has 6 heteroatoms. The Balaban J connectivity index is 2.33. The normalized spacial score (nSPS) is 11.7. The van der Waals surface area contributed by atoms with Crippen LogP contribution >= 0.6 is 0 Å². The van der Waals surface area contributed by atoms with E-state index in [4.69, 9.17) is 5.21 Å². The molecule has 0 aromatic heterocycles. The van der Waals surface area contributed by atoms with E-state index >= 15 is 0 Å². The molecule has 140 valence electrons. The van der Waals surface area contributed by atoms with E-state index in [0.717, 1.165) is 11.1 Å². The van der Waals surface area contributed by atoms with Gasteiger partial charge in [0.1, 0.15) is 5.82 Å². The Morgan fingerprint density at radius 2 is 1.59 bits per heavy atom. The minimum Gasteiger partial charge on any atom is -0.350 e. The zero-order valence-corrected chi connectivity index (χ0v) is 15.1. The molecule has 2 rings (SSSR count). The van der Waals surface area contributed by atoms with E-state index in [0.29, 0.717) is 11.1 Å². The second-order valence-electron chi connectivity index (χ2n) is 6.17. The number of carbonyl (C=O) groups is 2. The third-order valence-electron chi connectivity index (χ3n) is 3.60. The molecular formula is C21H21FN2O3. The number of carbonyl (C=O) groups excluding carboxylic acids is 2.